The van der Waals surface area contributed by atoms with Gasteiger partial charge in [0.2, 0.25) is 0 Å². The standard InChI is InChI=1S/C16H24ClN5S.HI/c1-5-15-20-13(11-23-15)6-7-19-16(18-2)22(4)10-14-8-12(17)9-21(14)3;/h8-9,11H,5-7,10H2,1-4H3,(H,18,19);1H. The van der Waals surface area contributed by atoms with E-state index in [1.54, 1.807) is 18.4 Å². The molecule has 2 aromatic heterocycles. The molecular weight excluding hydrogens is 457 g/mol. The van der Waals surface area contributed by atoms with Crippen molar-refractivity contribution in [2.24, 2.45) is 12.0 Å². The van der Waals surface area contributed by atoms with Gasteiger partial charge in [-0.3, -0.25) is 4.99 Å². The van der Waals surface area contributed by atoms with E-state index in [-0.39, 0.29) is 24.0 Å². The zero-order valence-electron chi connectivity index (χ0n) is 14.5. The highest BCUT2D eigenvalue weighted by molar-refractivity contribution is 14.0. The Kier molecular flexibility index (Phi) is 9.07. The maximum Gasteiger partial charge on any atom is 0.193 e. The van der Waals surface area contributed by atoms with E-state index in [2.05, 4.69) is 32.5 Å². The van der Waals surface area contributed by atoms with Gasteiger partial charge in [-0.2, -0.15) is 0 Å². The van der Waals surface area contributed by atoms with Crippen molar-refractivity contribution in [3.05, 3.63) is 39.1 Å². The minimum atomic E-state index is 0. The number of aromatic nitrogens is 2. The number of halogens is 2. The molecule has 0 unspecified atom stereocenters. The van der Waals surface area contributed by atoms with E-state index in [0.29, 0.717) is 0 Å². The summed E-state index contributed by atoms with van der Waals surface area (Å²) in [5.41, 5.74) is 2.29. The molecule has 0 saturated carbocycles. The van der Waals surface area contributed by atoms with Gasteiger partial charge in [0.1, 0.15) is 0 Å². The van der Waals surface area contributed by atoms with Gasteiger partial charge in [-0.05, 0) is 12.5 Å². The molecule has 0 amide bonds. The highest BCUT2D eigenvalue weighted by Gasteiger charge is 2.10. The van der Waals surface area contributed by atoms with Crippen LogP contribution in [0.15, 0.2) is 22.6 Å². The molecule has 0 atom stereocenters. The van der Waals surface area contributed by atoms with Crippen LogP contribution in [0.2, 0.25) is 5.02 Å². The molecule has 0 aliphatic carbocycles. The van der Waals surface area contributed by atoms with Crippen LogP contribution in [-0.2, 0) is 26.4 Å². The Balaban J connectivity index is 0.00000288. The van der Waals surface area contributed by atoms with Crippen molar-refractivity contribution < 1.29 is 0 Å². The minimum absolute atomic E-state index is 0. The number of nitrogens with zero attached hydrogens (tertiary/aromatic N) is 4. The fraction of sp³-hybridized carbons (Fsp3) is 0.500. The summed E-state index contributed by atoms with van der Waals surface area (Å²) in [4.78, 5) is 11.0. The van der Waals surface area contributed by atoms with Crippen molar-refractivity contribution in [1.29, 1.82) is 0 Å². The molecule has 0 bridgehead atoms. The lowest BCUT2D eigenvalue weighted by atomic mass is 10.3. The van der Waals surface area contributed by atoms with E-state index in [0.717, 1.165) is 48.3 Å². The number of hydrogen-bond acceptors (Lipinski definition) is 3. The maximum atomic E-state index is 6.04. The predicted molar refractivity (Wildman–Crippen MR) is 114 cm³/mol. The third-order valence-corrected chi connectivity index (χ3v) is 4.86. The smallest absolute Gasteiger partial charge is 0.193 e. The van der Waals surface area contributed by atoms with Crippen LogP contribution in [0.4, 0.5) is 0 Å². The Bertz CT molecular complexity index is 667. The molecule has 2 heterocycles. The number of hydrogen-bond donors (Lipinski definition) is 1. The zero-order valence-corrected chi connectivity index (χ0v) is 18.4. The summed E-state index contributed by atoms with van der Waals surface area (Å²) in [5.74, 6) is 0.869. The van der Waals surface area contributed by atoms with Gasteiger partial charge in [-0.25, -0.2) is 4.98 Å². The number of rotatable bonds is 6. The summed E-state index contributed by atoms with van der Waals surface area (Å²) in [5, 5.41) is 7.48. The second kappa shape index (κ2) is 10.2. The quantitative estimate of drug-likeness (QED) is 0.390. The minimum Gasteiger partial charge on any atom is -0.356 e. The molecule has 0 aliphatic heterocycles. The zero-order chi connectivity index (χ0) is 16.8. The van der Waals surface area contributed by atoms with Crippen molar-refractivity contribution >= 4 is 52.9 Å². The topological polar surface area (TPSA) is 45.5 Å². The number of guanidine groups is 1. The SMILES string of the molecule is CCc1nc(CCNC(=NC)N(C)Cc2cc(Cl)cn2C)cs1.I. The molecule has 0 saturated heterocycles. The maximum absolute atomic E-state index is 6.04. The third kappa shape index (κ3) is 5.93. The molecular formula is C16H25ClIN5S. The fourth-order valence-electron chi connectivity index (χ4n) is 2.35. The van der Waals surface area contributed by atoms with Gasteiger partial charge in [0, 0.05) is 51.4 Å². The van der Waals surface area contributed by atoms with Gasteiger partial charge >= 0.3 is 0 Å². The number of aliphatic imine (C=N–C) groups is 1. The van der Waals surface area contributed by atoms with Crippen LogP contribution in [0.5, 0.6) is 0 Å². The second-order valence-electron chi connectivity index (χ2n) is 5.43. The van der Waals surface area contributed by atoms with E-state index in [4.69, 9.17) is 11.6 Å². The van der Waals surface area contributed by atoms with Crippen LogP contribution in [0.25, 0.3) is 0 Å². The summed E-state index contributed by atoms with van der Waals surface area (Å²) >= 11 is 7.77. The molecule has 0 fully saturated rings. The second-order valence-corrected chi connectivity index (χ2v) is 6.81. The first-order chi connectivity index (χ1) is 11.0. The van der Waals surface area contributed by atoms with Gasteiger partial charge in [0.05, 0.1) is 22.3 Å². The number of aryl methyl sites for hydroxylation is 2. The fourth-order valence-corrected chi connectivity index (χ4v) is 3.41. The summed E-state index contributed by atoms with van der Waals surface area (Å²) in [6, 6.07) is 1.98. The average molecular weight is 482 g/mol. The first-order valence-electron chi connectivity index (χ1n) is 7.69. The summed E-state index contributed by atoms with van der Waals surface area (Å²) in [7, 11) is 5.82. The highest BCUT2D eigenvalue weighted by Crippen LogP contribution is 2.14. The predicted octanol–water partition coefficient (Wildman–Crippen LogP) is 3.57. The Morgan fingerprint density at radius 2 is 2.25 bits per heavy atom. The molecule has 5 nitrogen and oxygen atoms in total. The molecule has 24 heavy (non-hydrogen) atoms. The summed E-state index contributed by atoms with van der Waals surface area (Å²) in [6.07, 6.45) is 3.82. The highest BCUT2D eigenvalue weighted by atomic mass is 127. The Morgan fingerprint density at radius 1 is 1.50 bits per heavy atom. The third-order valence-electron chi connectivity index (χ3n) is 3.61. The molecule has 1 N–H and O–H groups in total. The molecule has 0 aliphatic rings. The largest absolute Gasteiger partial charge is 0.356 e. The van der Waals surface area contributed by atoms with E-state index in [9.17, 15) is 0 Å². The van der Waals surface area contributed by atoms with Crippen molar-refractivity contribution in [1.82, 2.24) is 19.8 Å². The molecule has 0 aromatic carbocycles. The van der Waals surface area contributed by atoms with Crippen molar-refractivity contribution in [3.8, 4) is 0 Å². The lowest BCUT2D eigenvalue weighted by molar-refractivity contribution is 0.462. The molecule has 0 radical (unpaired) electrons. The first kappa shape index (κ1) is 21.2. The Morgan fingerprint density at radius 3 is 2.79 bits per heavy atom. The monoisotopic (exact) mass is 481 g/mol. The molecule has 8 heteroatoms. The molecule has 2 aromatic rings. The Hall–Kier alpha value is -0.800. The number of nitrogens with one attached hydrogen (secondary N) is 1. The van der Waals surface area contributed by atoms with Gasteiger partial charge < -0.3 is 14.8 Å². The van der Waals surface area contributed by atoms with Crippen LogP contribution in [0.1, 0.15) is 23.3 Å². The van der Waals surface area contributed by atoms with Crippen LogP contribution >= 0.6 is 46.9 Å². The van der Waals surface area contributed by atoms with Gasteiger partial charge in [0.15, 0.2) is 5.96 Å². The van der Waals surface area contributed by atoms with Crippen LogP contribution in [0.3, 0.4) is 0 Å². The van der Waals surface area contributed by atoms with Crippen LogP contribution < -0.4 is 5.32 Å². The average Bonchev–Trinajstić information content (AvgIpc) is 3.10. The van der Waals surface area contributed by atoms with Crippen molar-refractivity contribution in [3.63, 3.8) is 0 Å². The lowest BCUT2D eigenvalue weighted by Gasteiger charge is -2.22. The normalized spacial score (nSPS) is 11.3. The van der Waals surface area contributed by atoms with Crippen molar-refractivity contribution in [2.75, 3.05) is 20.6 Å². The summed E-state index contributed by atoms with van der Waals surface area (Å²) in [6.45, 7) is 3.70. The first-order valence-corrected chi connectivity index (χ1v) is 8.95. The van der Waals surface area contributed by atoms with E-state index < -0.39 is 0 Å². The van der Waals surface area contributed by atoms with E-state index in [1.807, 2.05) is 30.9 Å². The van der Waals surface area contributed by atoms with Crippen LogP contribution in [0, 0.1) is 0 Å². The molecule has 2 rings (SSSR count). The van der Waals surface area contributed by atoms with Gasteiger partial charge in [-0.15, -0.1) is 35.3 Å². The van der Waals surface area contributed by atoms with E-state index >= 15 is 0 Å². The molecule has 0 spiro atoms. The van der Waals surface area contributed by atoms with Crippen LogP contribution in [-0.4, -0.2) is 41.1 Å². The van der Waals surface area contributed by atoms with Gasteiger partial charge in [-0.1, -0.05) is 18.5 Å². The number of thiazole rings is 1. The lowest BCUT2D eigenvalue weighted by Crippen LogP contribution is -2.39. The van der Waals surface area contributed by atoms with Crippen molar-refractivity contribution in [2.45, 2.75) is 26.3 Å². The molecule has 134 valence electrons. The van der Waals surface area contributed by atoms with E-state index in [1.165, 1.54) is 5.01 Å². The summed E-state index contributed by atoms with van der Waals surface area (Å²) < 4.78 is 2.04. The van der Waals surface area contributed by atoms with Gasteiger partial charge in [0.25, 0.3) is 0 Å². The Labute approximate surface area is 170 Å².